The second-order valence-electron chi connectivity index (χ2n) is 5.99. The minimum Gasteiger partial charge on any atom is -0.368 e. The van der Waals surface area contributed by atoms with E-state index in [0.717, 1.165) is 11.4 Å². The summed E-state index contributed by atoms with van der Waals surface area (Å²) in [6.07, 6.45) is 1.73. The number of hydrogen-bond acceptors (Lipinski definition) is 6. The summed E-state index contributed by atoms with van der Waals surface area (Å²) in [5.41, 5.74) is 8.66. The molecule has 2 heterocycles. The number of aromatic amines is 1. The van der Waals surface area contributed by atoms with Crippen LogP contribution in [0.3, 0.4) is 0 Å². The Kier molecular flexibility index (Phi) is 3.89. The Bertz CT molecular complexity index is 780. The first-order valence-corrected chi connectivity index (χ1v) is 8.27. The zero-order valence-corrected chi connectivity index (χ0v) is 14.1. The largest absolute Gasteiger partial charge is 0.368 e. The molecule has 1 aliphatic rings. The van der Waals surface area contributed by atoms with Crippen LogP contribution in [0.15, 0.2) is 41.2 Å². The summed E-state index contributed by atoms with van der Waals surface area (Å²) in [6, 6.07) is 8.23. The van der Waals surface area contributed by atoms with E-state index in [1.54, 1.807) is 6.08 Å². The summed E-state index contributed by atoms with van der Waals surface area (Å²) in [6.45, 7) is 4.27. The van der Waals surface area contributed by atoms with Crippen LogP contribution < -0.4 is 10.6 Å². The van der Waals surface area contributed by atoms with E-state index in [4.69, 9.17) is 5.73 Å². The van der Waals surface area contributed by atoms with E-state index >= 15 is 0 Å². The van der Waals surface area contributed by atoms with Crippen molar-refractivity contribution in [1.29, 1.82) is 0 Å². The van der Waals surface area contributed by atoms with Crippen LogP contribution in [-0.4, -0.2) is 33.8 Å². The summed E-state index contributed by atoms with van der Waals surface area (Å²) < 4.78 is 0. The number of aromatic nitrogens is 3. The van der Waals surface area contributed by atoms with Crippen LogP contribution in [0.1, 0.15) is 19.4 Å². The molecule has 120 valence electrons. The standard InChI is InChI=1S/C16H19N5OS/c1-16(2)11-6-4-5-7-12(11)21(3)13(16)8-10(22)9-23-15-18-14(17)19-20-15/h4-8H,9H2,1-3H3,(H3,17,18,19,20)/b13-8-. The molecule has 23 heavy (non-hydrogen) atoms. The molecule has 0 aliphatic carbocycles. The highest BCUT2D eigenvalue weighted by Gasteiger charge is 2.38. The number of para-hydroxylation sites is 1. The fraction of sp³-hybridized carbons (Fsp3) is 0.312. The highest BCUT2D eigenvalue weighted by molar-refractivity contribution is 7.99. The van der Waals surface area contributed by atoms with Gasteiger partial charge < -0.3 is 10.6 Å². The number of hydrogen-bond donors (Lipinski definition) is 2. The highest BCUT2D eigenvalue weighted by atomic mass is 32.2. The predicted molar refractivity (Wildman–Crippen MR) is 92.5 cm³/mol. The number of likely N-dealkylation sites (N-methyl/N-ethyl adjacent to an activating group) is 1. The summed E-state index contributed by atoms with van der Waals surface area (Å²) >= 11 is 1.27. The van der Waals surface area contributed by atoms with Crippen molar-refractivity contribution in [3.8, 4) is 0 Å². The summed E-state index contributed by atoms with van der Waals surface area (Å²) in [5, 5.41) is 6.96. The SMILES string of the molecule is CN1/C(=C\C(=O)CSc2n[nH]c(N)n2)C(C)(C)c2ccccc21. The van der Waals surface area contributed by atoms with E-state index in [-0.39, 0.29) is 22.9 Å². The van der Waals surface area contributed by atoms with E-state index in [1.807, 2.05) is 19.2 Å². The Morgan fingerprint density at radius 3 is 2.83 bits per heavy atom. The van der Waals surface area contributed by atoms with Gasteiger partial charge in [0.15, 0.2) is 5.78 Å². The number of H-pyrrole nitrogens is 1. The molecule has 0 unspecified atom stereocenters. The van der Waals surface area contributed by atoms with Crippen LogP contribution in [0.4, 0.5) is 11.6 Å². The number of nitrogens with one attached hydrogen (secondary N) is 1. The van der Waals surface area contributed by atoms with Crippen LogP contribution in [0.2, 0.25) is 0 Å². The molecule has 0 radical (unpaired) electrons. The molecular formula is C16H19N5OS. The topological polar surface area (TPSA) is 87.9 Å². The Morgan fingerprint density at radius 2 is 2.17 bits per heavy atom. The van der Waals surface area contributed by atoms with Gasteiger partial charge in [-0.3, -0.25) is 4.79 Å². The Morgan fingerprint density at radius 1 is 1.43 bits per heavy atom. The van der Waals surface area contributed by atoms with Crippen LogP contribution in [-0.2, 0) is 10.2 Å². The van der Waals surface area contributed by atoms with Crippen molar-refractivity contribution in [2.75, 3.05) is 23.4 Å². The Balaban J connectivity index is 1.78. The molecule has 0 saturated heterocycles. The lowest BCUT2D eigenvalue weighted by atomic mass is 9.83. The zero-order valence-electron chi connectivity index (χ0n) is 13.3. The molecule has 3 N–H and O–H groups in total. The predicted octanol–water partition coefficient (Wildman–Crippen LogP) is 2.36. The zero-order chi connectivity index (χ0) is 16.6. The molecule has 1 aromatic heterocycles. The number of anilines is 2. The number of benzene rings is 1. The van der Waals surface area contributed by atoms with Gasteiger partial charge in [-0.05, 0) is 11.6 Å². The second kappa shape index (κ2) is 5.73. The number of rotatable bonds is 4. The first kappa shape index (κ1) is 15.6. The van der Waals surface area contributed by atoms with Gasteiger partial charge in [0.2, 0.25) is 11.1 Å². The number of fused-ring (bicyclic) bond motifs is 1. The Labute approximate surface area is 139 Å². The van der Waals surface area contributed by atoms with Gasteiger partial charge in [-0.15, -0.1) is 5.10 Å². The maximum atomic E-state index is 12.3. The third-order valence-corrected chi connectivity index (χ3v) is 4.93. The van der Waals surface area contributed by atoms with Gasteiger partial charge in [0.1, 0.15) is 0 Å². The van der Waals surface area contributed by atoms with Gasteiger partial charge in [-0.25, -0.2) is 5.10 Å². The Hall–Kier alpha value is -2.28. The number of carbonyl (C=O) groups is 1. The smallest absolute Gasteiger partial charge is 0.216 e. The highest BCUT2D eigenvalue weighted by Crippen LogP contribution is 2.46. The van der Waals surface area contributed by atoms with Gasteiger partial charge in [0.25, 0.3) is 0 Å². The minimum absolute atomic E-state index is 0.0288. The average molecular weight is 329 g/mol. The fourth-order valence-electron chi connectivity index (χ4n) is 2.91. The van der Waals surface area contributed by atoms with Gasteiger partial charge in [0.05, 0.1) is 5.75 Å². The molecule has 0 amide bonds. The molecule has 0 bridgehead atoms. The van der Waals surface area contributed by atoms with Crippen molar-refractivity contribution in [3.63, 3.8) is 0 Å². The molecule has 3 rings (SSSR count). The summed E-state index contributed by atoms with van der Waals surface area (Å²) in [7, 11) is 2.00. The lowest BCUT2D eigenvalue weighted by Crippen LogP contribution is -2.24. The molecule has 7 heteroatoms. The van der Waals surface area contributed by atoms with Crippen molar-refractivity contribution in [3.05, 3.63) is 41.6 Å². The number of nitrogens with two attached hydrogens (primary N) is 1. The third-order valence-electron chi connectivity index (χ3n) is 4.06. The molecule has 0 fully saturated rings. The first-order valence-electron chi connectivity index (χ1n) is 7.28. The number of nitrogens with zero attached hydrogens (tertiary/aromatic N) is 3. The van der Waals surface area contributed by atoms with Crippen molar-refractivity contribution in [2.24, 2.45) is 0 Å². The average Bonchev–Trinajstić information content (AvgIpc) is 3.02. The maximum Gasteiger partial charge on any atom is 0.216 e. The van der Waals surface area contributed by atoms with Crippen molar-refractivity contribution < 1.29 is 4.79 Å². The van der Waals surface area contributed by atoms with E-state index in [1.165, 1.54) is 17.3 Å². The van der Waals surface area contributed by atoms with Gasteiger partial charge >= 0.3 is 0 Å². The van der Waals surface area contributed by atoms with Gasteiger partial charge in [-0.2, -0.15) is 4.98 Å². The quantitative estimate of drug-likeness (QED) is 0.661. The van der Waals surface area contributed by atoms with Gasteiger partial charge in [0, 0.05) is 29.9 Å². The number of allylic oxidation sites excluding steroid dienone is 2. The summed E-state index contributed by atoms with van der Waals surface area (Å²) in [5.74, 6) is 0.563. The van der Waals surface area contributed by atoms with Crippen LogP contribution >= 0.6 is 11.8 Å². The number of thioether (sulfide) groups is 1. The van der Waals surface area contributed by atoms with Crippen molar-refractivity contribution in [2.45, 2.75) is 24.4 Å². The van der Waals surface area contributed by atoms with Crippen LogP contribution in [0.5, 0.6) is 0 Å². The number of carbonyl (C=O) groups excluding carboxylic acids is 1. The first-order chi connectivity index (χ1) is 10.9. The van der Waals surface area contributed by atoms with E-state index in [0.29, 0.717) is 5.16 Å². The molecule has 1 aromatic carbocycles. The minimum atomic E-state index is -0.194. The van der Waals surface area contributed by atoms with E-state index in [9.17, 15) is 4.79 Å². The number of nitrogen functional groups attached to an aromatic ring is 1. The number of ketones is 1. The van der Waals surface area contributed by atoms with Crippen LogP contribution in [0.25, 0.3) is 0 Å². The second-order valence-corrected chi connectivity index (χ2v) is 6.93. The molecule has 1 aliphatic heterocycles. The van der Waals surface area contributed by atoms with Crippen molar-refractivity contribution >= 4 is 29.2 Å². The lowest BCUT2D eigenvalue weighted by molar-refractivity contribution is -0.112. The van der Waals surface area contributed by atoms with E-state index in [2.05, 4.69) is 46.1 Å². The molecule has 0 spiro atoms. The lowest BCUT2D eigenvalue weighted by Gasteiger charge is -2.23. The third kappa shape index (κ3) is 2.84. The van der Waals surface area contributed by atoms with Crippen molar-refractivity contribution in [1.82, 2.24) is 15.2 Å². The maximum absolute atomic E-state index is 12.3. The summed E-state index contributed by atoms with van der Waals surface area (Å²) in [4.78, 5) is 18.4. The molecule has 0 atom stereocenters. The van der Waals surface area contributed by atoms with E-state index < -0.39 is 0 Å². The monoisotopic (exact) mass is 329 g/mol. The van der Waals surface area contributed by atoms with Crippen LogP contribution in [0, 0.1) is 0 Å². The fourth-order valence-corrected chi connectivity index (χ4v) is 3.54. The van der Waals surface area contributed by atoms with Gasteiger partial charge in [-0.1, -0.05) is 43.8 Å². The molecular weight excluding hydrogens is 310 g/mol. The molecule has 2 aromatic rings. The molecule has 6 nitrogen and oxygen atoms in total. The normalized spacial score (nSPS) is 17.5. The molecule has 0 saturated carbocycles.